The largest absolute Gasteiger partial charge is 0.487 e. The Morgan fingerprint density at radius 3 is 2.19 bits per heavy atom. The second kappa shape index (κ2) is 8.79. The van der Waals surface area contributed by atoms with E-state index in [2.05, 4.69) is 9.97 Å². The Kier molecular flexibility index (Phi) is 5.92. The molecule has 0 radical (unpaired) electrons. The molecule has 0 saturated carbocycles. The van der Waals surface area contributed by atoms with E-state index in [0.717, 1.165) is 38.1 Å². The van der Waals surface area contributed by atoms with Crippen LogP contribution in [0.1, 0.15) is 5.56 Å². The van der Waals surface area contributed by atoms with Gasteiger partial charge in [-0.15, -0.1) is 0 Å². The number of nitrogens with two attached hydrogens (primary N) is 2. The molecule has 0 aliphatic heterocycles. The fourth-order valence-electron chi connectivity index (χ4n) is 3.62. The molecule has 0 spiro atoms. The molecule has 0 unspecified atom stereocenters. The van der Waals surface area contributed by atoms with Crippen LogP contribution in [0.25, 0.3) is 32.6 Å². The Bertz CT molecular complexity index is 1260. The summed E-state index contributed by atoms with van der Waals surface area (Å²) in [5.41, 5.74) is 15.5. The van der Waals surface area contributed by atoms with E-state index in [9.17, 15) is 0 Å². The lowest BCUT2D eigenvalue weighted by atomic mass is 9.99. The molecule has 2 aromatic heterocycles. The topological polar surface area (TPSA) is 115 Å². The van der Waals surface area contributed by atoms with Gasteiger partial charge in [-0.2, -0.15) is 0 Å². The van der Waals surface area contributed by atoms with Gasteiger partial charge in [-0.1, -0.05) is 6.07 Å². The Labute approximate surface area is 180 Å². The van der Waals surface area contributed by atoms with Crippen molar-refractivity contribution in [1.82, 2.24) is 9.97 Å². The van der Waals surface area contributed by atoms with E-state index in [-0.39, 0.29) is 0 Å². The highest BCUT2D eigenvalue weighted by Crippen LogP contribution is 2.39. The van der Waals surface area contributed by atoms with Gasteiger partial charge >= 0.3 is 0 Å². The zero-order chi connectivity index (χ0) is 22.0. The van der Waals surface area contributed by atoms with Crippen molar-refractivity contribution in [3.63, 3.8) is 0 Å². The predicted octanol–water partition coefficient (Wildman–Crippen LogP) is 3.46. The average Bonchev–Trinajstić information content (AvgIpc) is 2.77. The number of hydrogen-bond donors (Lipinski definition) is 2. The van der Waals surface area contributed by atoms with Crippen LogP contribution in [-0.4, -0.2) is 50.6 Å². The number of pyridine rings is 2. The highest BCUT2D eigenvalue weighted by molar-refractivity contribution is 6.21. The summed E-state index contributed by atoms with van der Waals surface area (Å²) in [5.74, 6) is 1.61. The van der Waals surface area contributed by atoms with Gasteiger partial charge in [-0.05, 0) is 24.6 Å². The summed E-state index contributed by atoms with van der Waals surface area (Å²) in [4.78, 5) is 9.20. The number of ether oxygens (including phenoxy) is 4. The smallest absolute Gasteiger partial charge is 0.163 e. The molecule has 31 heavy (non-hydrogen) atoms. The van der Waals surface area contributed by atoms with Crippen LogP contribution in [0.4, 0.5) is 11.5 Å². The van der Waals surface area contributed by atoms with Crippen molar-refractivity contribution >= 4 is 44.1 Å². The Hall–Kier alpha value is -3.36. The van der Waals surface area contributed by atoms with Gasteiger partial charge in [-0.3, -0.25) is 4.98 Å². The maximum atomic E-state index is 6.30. The summed E-state index contributed by atoms with van der Waals surface area (Å²) in [5, 5.41) is 3.59. The number of nitrogens with zero attached hydrogens (tertiary/aromatic N) is 2. The second-order valence-corrected chi connectivity index (χ2v) is 7.22. The van der Waals surface area contributed by atoms with Gasteiger partial charge in [0, 0.05) is 53.7 Å². The number of hydrogen-bond acceptors (Lipinski definition) is 8. The van der Waals surface area contributed by atoms with Gasteiger partial charge in [0.1, 0.15) is 19.0 Å². The average molecular weight is 422 g/mol. The van der Waals surface area contributed by atoms with Gasteiger partial charge in [-0.25, -0.2) is 4.98 Å². The van der Waals surface area contributed by atoms with E-state index in [0.29, 0.717) is 49.4 Å². The van der Waals surface area contributed by atoms with Crippen LogP contribution in [0.3, 0.4) is 0 Å². The number of methoxy groups -OCH3 is 2. The van der Waals surface area contributed by atoms with Crippen molar-refractivity contribution in [2.45, 2.75) is 6.92 Å². The van der Waals surface area contributed by atoms with Gasteiger partial charge in [0.25, 0.3) is 0 Å². The molecule has 0 amide bonds. The molecular weight excluding hydrogens is 396 g/mol. The minimum absolute atomic E-state index is 0.390. The third-order valence-electron chi connectivity index (χ3n) is 5.27. The summed E-state index contributed by atoms with van der Waals surface area (Å²) in [6, 6.07) is 7.67. The molecule has 0 aliphatic rings. The first-order valence-corrected chi connectivity index (χ1v) is 9.99. The number of benzene rings is 2. The monoisotopic (exact) mass is 422 g/mol. The number of nitrogen functional groups attached to an aromatic ring is 2. The lowest BCUT2D eigenvalue weighted by molar-refractivity contribution is 0.132. The molecule has 162 valence electrons. The zero-order valence-electron chi connectivity index (χ0n) is 17.9. The number of rotatable bonds is 8. The minimum atomic E-state index is 0.390. The van der Waals surface area contributed by atoms with Crippen LogP contribution >= 0.6 is 0 Å². The quantitative estimate of drug-likeness (QED) is 0.252. The van der Waals surface area contributed by atoms with Crippen LogP contribution in [-0.2, 0) is 9.47 Å². The normalized spacial score (nSPS) is 11.5. The van der Waals surface area contributed by atoms with E-state index in [4.69, 9.17) is 30.4 Å². The molecule has 4 aromatic rings. The van der Waals surface area contributed by atoms with E-state index in [1.54, 1.807) is 20.4 Å². The molecule has 8 nitrogen and oxygen atoms in total. The lowest BCUT2D eigenvalue weighted by Gasteiger charge is -2.16. The highest BCUT2D eigenvalue weighted by atomic mass is 16.5. The zero-order valence-corrected chi connectivity index (χ0v) is 17.9. The second-order valence-electron chi connectivity index (χ2n) is 7.22. The number of anilines is 2. The first kappa shape index (κ1) is 20.9. The Morgan fingerprint density at radius 2 is 1.52 bits per heavy atom. The minimum Gasteiger partial charge on any atom is -0.487 e. The number of fused-ring (bicyclic) bond motifs is 5. The van der Waals surface area contributed by atoms with Crippen LogP contribution in [0, 0.1) is 6.92 Å². The first-order chi connectivity index (χ1) is 15.0. The molecular formula is C23H26N4O4. The van der Waals surface area contributed by atoms with E-state index < -0.39 is 0 Å². The molecule has 0 bridgehead atoms. The Morgan fingerprint density at radius 1 is 0.839 bits per heavy atom. The third-order valence-corrected chi connectivity index (χ3v) is 5.27. The summed E-state index contributed by atoms with van der Waals surface area (Å²) in [6.45, 7) is 3.66. The molecule has 8 heteroatoms. The fourth-order valence-corrected chi connectivity index (χ4v) is 3.62. The van der Waals surface area contributed by atoms with E-state index in [1.807, 2.05) is 31.2 Å². The van der Waals surface area contributed by atoms with Crippen molar-refractivity contribution in [3.05, 3.63) is 36.0 Å². The molecule has 0 aliphatic carbocycles. The third kappa shape index (κ3) is 3.87. The molecule has 4 rings (SSSR count). The van der Waals surface area contributed by atoms with Crippen molar-refractivity contribution in [3.8, 4) is 11.5 Å². The molecule has 4 N–H and O–H groups in total. The van der Waals surface area contributed by atoms with Gasteiger partial charge in [0.2, 0.25) is 0 Å². The number of aromatic nitrogens is 2. The molecule has 0 saturated heterocycles. The SMILES string of the molecule is COCCOc1cc2ncc3c(N)nc4c(C)c(N)ccc4c3c2cc1OCCOC. The highest BCUT2D eigenvalue weighted by Gasteiger charge is 2.16. The molecule has 2 aromatic carbocycles. The summed E-state index contributed by atoms with van der Waals surface area (Å²) in [6.07, 6.45) is 1.75. The first-order valence-electron chi connectivity index (χ1n) is 9.99. The van der Waals surface area contributed by atoms with Crippen LogP contribution in [0.15, 0.2) is 30.5 Å². The maximum Gasteiger partial charge on any atom is 0.163 e. The van der Waals surface area contributed by atoms with Gasteiger partial charge < -0.3 is 30.4 Å². The van der Waals surface area contributed by atoms with Crippen LogP contribution in [0.5, 0.6) is 11.5 Å². The maximum absolute atomic E-state index is 6.30. The summed E-state index contributed by atoms with van der Waals surface area (Å²) < 4.78 is 22.1. The molecule has 0 atom stereocenters. The van der Waals surface area contributed by atoms with Crippen molar-refractivity contribution in [2.75, 3.05) is 52.1 Å². The number of aryl methyl sites for hydroxylation is 1. The van der Waals surface area contributed by atoms with Crippen molar-refractivity contribution < 1.29 is 18.9 Å². The van der Waals surface area contributed by atoms with Gasteiger partial charge in [0.05, 0.1) is 24.2 Å². The van der Waals surface area contributed by atoms with Crippen molar-refractivity contribution in [2.24, 2.45) is 0 Å². The Balaban J connectivity index is 1.99. The molecule has 2 heterocycles. The predicted molar refractivity (Wildman–Crippen MR) is 123 cm³/mol. The standard InChI is InChI=1S/C23H26N4O4/c1-13-17(24)5-4-14-21-15-10-19(30-8-6-28-2)20(31-9-7-29-3)11-18(15)26-12-16(21)23(25)27-22(13)14/h4-5,10-12H,6-9,24H2,1-3H3,(H2,25,27). The van der Waals surface area contributed by atoms with E-state index in [1.165, 1.54) is 0 Å². The fraction of sp³-hybridized carbons (Fsp3) is 0.304. The molecule has 0 fully saturated rings. The summed E-state index contributed by atoms with van der Waals surface area (Å²) >= 11 is 0. The lowest BCUT2D eigenvalue weighted by Crippen LogP contribution is -2.08. The van der Waals surface area contributed by atoms with Crippen LogP contribution in [0.2, 0.25) is 0 Å². The van der Waals surface area contributed by atoms with Crippen molar-refractivity contribution in [1.29, 1.82) is 0 Å². The summed E-state index contributed by atoms with van der Waals surface area (Å²) in [7, 11) is 3.26. The van der Waals surface area contributed by atoms with Crippen LogP contribution < -0.4 is 20.9 Å². The van der Waals surface area contributed by atoms with Gasteiger partial charge in [0.15, 0.2) is 11.5 Å². The van der Waals surface area contributed by atoms with E-state index >= 15 is 0 Å².